The number of methoxy groups -OCH3 is 1. The van der Waals surface area contributed by atoms with Crippen LogP contribution in [0.25, 0.3) is 0 Å². The molecule has 1 aromatic rings. The first-order valence-corrected chi connectivity index (χ1v) is 6.14. The summed E-state index contributed by atoms with van der Waals surface area (Å²) in [6.07, 6.45) is 0.485. The second-order valence-corrected chi connectivity index (χ2v) is 4.44. The SMILES string of the molecule is CC[C@@H](O)CN[C@@H](C)c1cc(C)ccc1OC. The summed E-state index contributed by atoms with van der Waals surface area (Å²) in [6, 6.07) is 6.31. The fourth-order valence-corrected chi connectivity index (χ4v) is 1.76. The van der Waals surface area contributed by atoms with Gasteiger partial charge in [0.15, 0.2) is 0 Å². The summed E-state index contributed by atoms with van der Waals surface area (Å²) in [5.41, 5.74) is 2.35. The van der Waals surface area contributed by atoms with E-state index >= 15 is 0 Å². The van der Waals surface area contributed by atoms with Crippen molar-refractivity contribution in [1.29, 1.82) is 0 Å². The van der Waals surface area contributed by atoms with E-state index in [9.17, 15) is 5.11 Å². The Labute approximate surface area is 104 Å². The van der Waals surface area contributed by atoms with Crippen LogP contribution in [0.5, 0.6) is 5.75 Å². The average Bonchev–Trinajstić information content (AvgIpc) is 2.35. The molecule has 2 atom stereocenters. The number of rotatable bonds is 6. The Hall–Kier alpha value is -1.06. The molecule has 17 heavy (non-hydrogen) atoms. The smallest absolute Gasteiger partial charge is 0.123 e. The lowest BCUT2D eigenvalue weighted by atomic mass is 10.0. The van der Waals surface area contributed by atoms with Crippen molar-refractivity contribution < 1.29 is 9.84 Å². The molecular formula is C14H23NO2. The normalized spacial score (nSPS) is 14.4. The first-order valence-electron chi connectivity index (χ1n) is 6.14. The second kappa shape index (κ2) is 6.62. The number of benzene rings is 1. The molecule has 0 aliphatic carbocycles. The van der Waals surface area contributed by atoms with E-state index in [4.69, 9.17) is 4.74 Å². The van der Waals surface area contributed by atoms with E-state index in [0.29, 0.717) is 6.54 Å². The van der Waals surface area contributed by atoms with Crippen LogP contribution in [-0.4, -0.2) is 24.9 Å². The summed E-state index contributed by atoms with van der Waals surface area (Å²) in [5, 5.41) is 12.9. The molecule has 0 spiro atoms. The van der Waals surface area contributed by atoms with Crippen molar-refractivity contribution in [3.05, 3.63) is 29.3 Å². The highest BCUT2D eigenvalue weighted by Crippen LogP contribution is 2.25. The van der Waals surface area contributed by atoms with Crippen molar-refractivity contribution in [3.63, 3.8) is 0 Å². The number of hydrogen-bond acceptors (Lipinski definition) is 3. The minimum absolute atomic E-state index is 0.172. The minimum atomic E-state index is -0.284. The van der Waals surface area contributed by atoms with Crippen LogP contribution in [0.2, 0.25) is 0 Å². The van der Waals surface area contributed by atoms with E-state index in [2.05, 4.69) is 25.2 Å². The van der Waals surface area contributed by atoms with Crippen LogP contribution in [0.15, 0.2) is 18.2 Å². The Morgan fingerprint density at radius 2 is 2.12 bits per heavy atom. The van der Waals surface area contributed by atoms with Crippen LogP contribution < -0.4 is 10.1 Å². The van der Waals surface area contributed by atoms with E-state index in [-0.39, 0.29) is 12.1 Å². The van der Waals surface area contributed by atoms with E-state index < -0.39 is 0 Å². The van der Waals surface area contributed by atoms with Gasteiger partial charge in [-0.1, -0.05) is 24.6 Å². The van der Waals surface area contributed by atoms with Gasteiger partial charge >= 0.3 is 0 Å². The zero-order chi connectivity index (χ0) is 12.8. The summed E-state index contributed by atoms with van der Waals surface area (Å²) in [4.78, 5) is 0. The second-order valence-electron chi connectivity index (χ2n) is 4.44. The molecule has 3 nitrogen and oxygen atoms in total. The molecule has 0 heterocycles. The van der Waals surface area contributed by atoms with Crippen LogP contribution in [0.4, 0.5) is 0 Å². The molecule has 0 aromatic heterocycles. The number of nitrogens with one attached hydrogen (secondary N) is 1. The van der Waals surface area contributed by atoms with Crippen LogP contribution in [0.1, 0.15) is 37.4 Å². The first-order chi connectivity index (χ1) is 8.08. The largest absolute Gasteiger partial charge is 0.496 e. The summed E-state index contributed by atoms with van der Waals surface area (Å²) >= 11 is 0. The molecule has 0 saturated carbocycles. The molecule has 0 aliphatic heterocycles. The van der Waals surface area contributed by atoms with Crippen LogP contribution >= 0.6 is 0 Å². The van der Waals surface area contributed by atoms with Crippen LogP contribution in [0.3, 0.4) is 0 Å². The van der Waals surface area contributed by atoms with Gasteiger partial charge in [-0.25, -0.2) is 0 Å². The van der Waals surface area contributed by atoms with Gasteiger partial charge in [0.05, 0.1) is 13.2 Å². The maximum atomic E-state index is 9.54. The van der Waals surface area contributed by atoms with Crippen molar-refractivity contribution in [1.82, 2.24) is 5.32 Å². The topological polar surface area (TPSA) is 41.5 Å². The van der Waals surface area contributed by atoms with Crippen molar-refractivity contribution in [2.24, 2.45) is 0 Å². The molecule has 0 radical (unpaired) electrons. The lowest BCUT2D eigenvalue weighted by Crippen LogP contribution is -2.28. The maximum absolute atomic E-state index is 9.54. The molecule has 0 unspecified atom stereocenters. The molecule has 0 fully saturated rings. The quantitative estimate of drug-likeness (QED) is 0.798. The number of aliphatic hydroxyl groups is 1. The Morgan fingerprint density at radius 1 is 1.41 bits per heavy atom. The zero-order valence-electron chi connectivity index (χ0n) is 11.2. The van der Waals surface area contributed by atoms with Gasteiger partial charge in [0, 0.05) is 18.2 Å². The van der Waals surface area contributed by atoms with Crippen molar-refractivity contribution in [3.8, 4) is 5.75 Å². The minimum Gasteiger partial charge on any atom is -0.496 e. The molecule has 0 bridgehead atoms. The number of hydrogen-bond donors (Lipinski definition) is 2. The number of aryl methyl sites for hydroxylation is 1. The predicted molar refractivity (Wildman–Crippen MR) is 70.4 cm³/mol. The molecule has 2 N–H and O–H groups in total. The molecule has 0 aliphatic rings. The number of ether oxygens (including phenoxy) is 1. The Kier molecular flexibility index (Phi) is 5.45. The monoisotopic (exact) mass is 237 g/mol. The first kappa shape index (κ1) is 14.0. The Balaban J connectivity index is 2.73. The Bertz CT molecular complexity index is 352. The number of aliphatic hydroxyl groups excluding tert-OH is 1. The van der Waals surface area contributed by atoms with E-state index in [1.54, 1.807) is 7.11 Å². The van der Waals surface area contributed by atoms with E-state index in [1.807, 2.05) is 19.1 Å². The van der Waals surface area contributed by atoms with Crippen molar-refractivity contribution in [2.45, 2.75) is 39.3 Å². The fourth-order valence-electron chi connectivity index (χ4n) is 1.76. The molecule has 0 amide bonds. The standard InChI is InChI=1S/C14H23NO2/c1-5-12(16)9-15-11(3)13-8-10(2)6-7-14(13)17-4/h6-8,11-12,15-16H,5,9H2,1-4H3/t11-,12+/m0/s1. The van der Waals surface area contributed by atoms with E-state index in [1.165, 1.54) is 5.56 Å². The maximum Gasteiger partial charge on any atom is 0.123 e. The third-order valence-corrected chi connectivity index (χ3v) is 2.98. The van der Waals surface area contributed by atoms with Gasteiger partial charge in [0.2, 0.25) is 0 Å². The predicted octanol–water partition coefficient (Wildman–Crippen LogP) is 2.43. The summed E-state index contributed by atoms with van der Waals surface area (Å²) in [5.74, 6) is 0.890. The van der Waals surface area contributed by atoms with E-state index in [0.717, 1.165) is 17.7 Å². The van der Waals surface area contributed by atoms with Gasteiger partial charge in [-0.05, 0) is 26.3 Å². The van der Waals surface area contributed by atoms with Crippen molar-refractivity contribution in [2.75, 3.05) is 13.7 Å². The lowest BCUT2D eigenvalue weighted by molar-refractivity contribution is 0.163. The third kappa shape index (κ3) is 4.02. The Morgan fingerprint density at radius 3 is 2.71 bits per heavy atom. The summed E-state index contributed by atoms with van der Waals surface area (Å²) in [6.45, 7) is 6.73. The average molecular weight is 237 g/mol. The molecule has 1 aromatic carbocycles. The highest BCUT2D eigenvalue weighted by Gasteiger charge is 2.12. The third-order valence-electron chi connectivity index (χ3n) is 2.98. The molecule has 96 valence electrons. The van der Waals surface area contributed by atoms with Gasteiger partial charge in [-0.15, -0.1) is 0 Å². The fraction of sp³-hybridized carbons (Fsp3) is 0.571. The lowest BCUT2D eigenvalue weighted by Gasteiger charge is -2.19. The molecule has 1 rings (SSSR count). The van der Waals surface area contributed by atoms with Crippen molar-refractivity contribution >= 4 is 0 Å². The van der Waals surface area contributed by atoms with Gasteiger partial charge in [-0.2, -0.15) is 0 Å². The van der Waals surface area contributed by atoms with Crippen LogP contribution in [-0.2, 0) is 0 Å². The zero-order valence-corrected chi connectivity index (χ0v) is 11.2. The van der Waals surface area contributed by atoms with Gasteiger partial charge in [0.25, 0.3) is 0 Å². The van der Waals surface area contributed by atoms with Gasteiger partial charge < -0.3 is 15.2 Å². The molecule has 0 saturated heterocycles. The molecule has 3 heteroatoms. The highest BCUT2D eigenvalue weighted by molar-refractivity contribution is 5.38. The van der Waals surface area contributed by atoms with Crippen LogP contribution in [0, 0.1) is 6.92 Å². The summed E-state index contributed by atoms with van der Waals surface area (Å²) in [7, 11) is 1.68. The van der Waals surface area contributed by atoms with Gasteiger partial charge in [-0.3, -0.25) is 0 Å². The summed E-state index contributed by atoms with van der Waals surface area (Å²) < 4.78 is 5.35. The highest BCUT2D eigenvalue weighted by atomic mass is 16.5. The molecular weight excluding hydrogens is 214 g/mol. The van der Waals surface area contributed by atoms with Gasteiger partial charge in [0.1, 0.15) is 5.75 Å².